The molecule has 0 amide bonds. The molecule has 0 N–H and O–H groups in total. The van der Waals surface area contributed by atoms with Gasteiger partial charge in [-0.05, 0) is 0 Å². The van der Waals surface area contributed by atoms with Gasteiger partial charge in [0.25, 0.3) is 0 Å². The minimum Gasteiger partial charge on any atom is 0.00978 e. The second-order valence-corrected chi connectivity index (χ2v) is 1.03. The Morgan fingerprint density at radius 3 is 2.40 bits per heavy atom. The molecule has 0 nitrogen and oxygen atoms in total. The fourth-order valence-corrected chi connectivity index (χ4v) is 0.289. The van der Waals surface area contributed by atoms with Crippen LogP contribution in [0.3, 0.4) is 0 Å². The Hall–Kier alpha value is -0.173. The third-order valence-corrected chi connectivity index (χ3v) is 0.481. The van der Waals surface area contributed by atoms with E-state index in [2.05, 4.69) is 10.2 Å². The number of rotatable bonds is 1. The quantitative estimate of drug-likeness (QED) is 0.325. The summed E-state index contributed by atoms with van der Waals surface area (Å²) in [6, 6.07) is 1.81. The first kappa shape index (κ1) is 4.83. The highest BCUT2D eigenvalue weighted by molar-refractivity contribution is 6.15. The Morgan fingerprint density at radius 1 is 1.80 bits per heavy atom. The summed E-state index contributed by atoms with van der Waals surface area (Å²) in [4.78, 5) is 0. The summed E-state index contributed by atoms with van der Waals surface area (Å²) in [5.41, 5.74) is 0. The van der Waals surface area contributed by atoms with Crippen LogP contribution >= 0.6 is 0 Å². The van der Waals surface area contributed by atoms with Crippen molar-refractivity contribution >= 4 is 10.2 Å². The van der Waals surface area contributed by atoms with Crippen molar-refractivity contribution < 1.29 is 0 Å². The van der Waals surface area contributed by atoms with Gasteiger partial charge in [-0.2, -0.15) is 0 Å². The van der Waals surface area contributed by atoms with Crippen LogP contribution in [0.15, 0.2) is 12.2 Å². The van der Waals surface area contributed by atoms with Gasteiger partial charge in [0, 0.05) is 19.0 Å². The molecule has 0 saturated carbocycles. The molecule has 0 aromatic carbocycles. The van der Waals surface area contributed by atoms with Gasteiger partial charge in [0.2, 0.25) is 10.2 Å². The highest BCUT2D eigenvalue weighted by Crippen LogP contribution is 1.66. The summed E-state index contributed by atoms with van der Waals surface area (Å²) >= 11 is 0. The van der Waals surface area contributed by atoms with Crippen LogP contribution in [0.4, 0.5) is 0 Å². The van der Waals surface area contributed by atoms with E-state index in [1.54, 1.807) is 6.04 Å². The zero-order valence-corrected chi connectivity index (χ0v) is 4.23. The van der Waals surface area contributed by atoms with Crippen molar-refractivity contribution in [2.75, 3.05) is 0 Å². The number of allylic oxidation sites excluding steroid dienone is 2. The van der Waals surface area contributed by atoms with Gasteiger partial charge in [-0.25, -0.2) is 0 Å². The molecule has 0 aliphatic carbocycles. The average molecular weight is 82.2 g/mol. The summed E-state index contributed by atoms with van der Waals surface area (Å²) in [6.07, 6.45) is 3.86. The van der Waals surface area contributed by atoms with Crippen LogP contribution in [0.25, 0.3) is 0 Å². The van der Waals surface area contributed by atoms with Gasteiger partial charge in [0.1, 0.15) is 0 Å². The van der Waals surface area contributed by atoms with Gasteiger partial charge in [0.05, 0.1) is 6.08 Å². The lowest BCUT2D eigenvalue weighted by Gasteiger charge is -1.52. The summed E-state index contributed by atoms with van der Waals surface area (Å²) < 4.78 is 0. The topological polar surface area (TPSA) is 0 Å². The third kappa shape index (κ3) is 3.83. The van der Waals surface area contributed by atoms with Crippen LogP contribution in [0, 0.1) is 6.04 Å². The van der Waals surface area contributed by atoms with Crippen molar-refractivity contribution in [3.05, 3.63) is 18.2 Å². The molecule has 0 aromatic heterocycles. The predicted octanol–water partition coefficient (Wildman–Crippen LogP) is 0.893. The molecule has 0 spiro atoms. The molecule has 0 unspecified atom stereocenters. The molecule has 1 heteroatoms. The molecule has 0 saturated heterocycles. The third-order valence-electron chi connectivity index (χ3n) is 0.289. The van der Waals surface area contributed by atoms with Gasteiger partial charge in [-0.3, -0.25) is 0 Å². The van der Waals surface area contributed by atoms with Crippen LogP contribution in [-0.4, -0.2) is 10.2 Å². The maximum atomic E-state index is 3.14. The average Bonchev–Trinajstić information content (AvgIpc) is 1.41. The minimum absolute atomic E-state index is 1.81. The lowest BCUT2D eigenvalue weighted by Crippen LogP contribution is -1.56. The lowest BCUT2D eigenvalue weighted by atomic mass is 10.6. The highest BCUT2D eigenvalue weighted by Gasteiger charge is 1.65. The zero-order chi connectivity index (χ0) is 4.12. The molecule has 25 valence electrons. The van der Waals surface area contributed by atoms with Crippen molar-refractivity contribution in [3.63, 3.8) is 0 Å². The van der Waals surface area contributed by atoms with Gasteiger partial charge >= 0.3 is 0 Å². The van der Waals surface area contributed by atoms with Crippen LogP contribution in [0.5, 0.6) is 0 Å². The number of hydrogen-bond donors (Lipinski definition) is 0. The first-order valence-corrected chi connectivity index (χ1v) is 2.11. The molecule has 0 aliphatic rings. The van der Waals surface area contributed by atoms with Crippen LogP contribution in [0.1, 0.15) is 6.92 Å². The largest absolute Gasteiger partial charge is 0.223 e. The normalized spacial score (nSPS) is 9.20. The van der Waals surface area contributed by atoms with E-state index in [9.17, 15) is 0 Å². The van der Waals surface area contributed by atoms with E-state index in [1.165, 1.54) is 0 Å². The monoisotopic (exact) mass is 82.0 g/mol. The molecular formula is C4H6Si+. The SMILES string of the molecule is C/C=C/[CH+][Si]. The second-order valence-electron chi connectivity index (χ2n) is 0.692. The molecule has 0 rings (SSSR count). The molecule has 0 aromatic rings. The van der Waals surface area contributed by atoms with E-state index in [0.29, 0.717) is 0 Å². The summed E-state index contributed by atoms with van der Waals surface area (Å²) in [7, 11) is 3.14. The van der Waals surface area contributed by atoms with Crippen molar-refractivity contribution in [2.24, 2.45) is 0 Å². The number of hydrogen-bond acceptors (Lipinski definition) is 0. The van der Waals surface area contributed by atoms with Gasteiger partial charge < -0.3 is 0 Å². The maximum Gasteiger partial charge on any atom is 0.223 e. The van der Waals surface area contributed by atoms with Crippen LogP contribution in [-0.2, 0) is 0 Å². The van der Waals surface area contributed by atoms with E-state index in [-0.39, 0.29) is 0 Å². The molecule has 0 aliphatic heterocycles. The fraction of sp³-hybridized carbons (Fsp3) is 0.250. The van der Waals surface area contributed by atoms with Crippen molar-refractivity contribution in [1.82, 2.24) is 0 Å². The standard InChI is InChI=1S/C4H6Si/c1-2-3-4-5/h2-4H,1H3/q+1/b3-2+. The Bertz CT molecular complexity index is 30.6. The first-order valence-electron chi connectivity index (χ1n) is 1.53. The minimum atomic E-state index is 1.81. The fourth-order valence-electron chi connectivity index (χ4n) is 0.0962. The molecule has 0 bridgehead atoms. The Balaban J connectivity index is 2.62. The van der Waals surface area contributed by atoms with E-state index in [0.717, 1.165) is 0 Å². The molecular weight excluding hydrogens is 76.1 g/mol. The Morgan fingerprint density at radius 2 is 2.40 bits per heavy atom. The molecule has 3 radical (unpaired) electrons. The van der Waals surface area contributed by atoms with Gasteiger partial charge in [-0.1, -0.05) is 0 Å². The highest BCUT2D eigenvalue weighted by atomic mass is 28.1. The van der Waals surface area contributed by atoms with Crippen LogP contribution < -0.4 is 0 Å². The Labute approximate surface area is 36.3 Å². The van der Waals surface area contributed by atoms with E-state index in [1.807, 2.05) is 19.1 Å². The summed E-state index contributed by atoms with van der Waals surface area (Å²) in [6.45, 7) is 1.97. The molecule has 0 fully saturated rings. The van der Waals surface area contributed by atoms with E-state index < -0.39 is 0 Å². The van der Waals surface area contributed by atoms with Gasteiger partial charge in [-0.15, -0.1) is 0 Å². The lowest BCUT2D eigenvalue weighted by molar-refractivity contribution is 1.73. The van der Waals surface area contributed by atoms with E-state index in [4.69, 9.17) is 0 Å². The summed E-state index contributed by atoms with van der Waals surface area (Å²) in [5, 5.41) is 0. The molecule has 0 heterocycles. The smallest absolute Gasteiger partial charge is 0.00978 e. The van der Waals surface area contributed by atoms with Gasteiger partial charge in [0.15, 0.2) is 0 Å². The van der Waals surface area contributed by atoms with Crippen molar-refractivity contribution in [2.45, 2.75) is 6.92 Å². The first-order chi connectivity index (χ1) is 2.41. The molecule has 5 heavy (non-hydrogen) atoms. The van der Waals surface area contributed by atoms with Crippen molar-refractivity contribution in [3.8, 4) is 0 Å². The maximum absolute atomic E-state index is 3.14. The zero-order valence-electron chi connectivity index (χ0n) is 3.23. The second kappa shape index (κ2) is 3.83. The van der Waals surface area contributed by atoms with E-state index >= 15 is 0 Å². The van der Waals surface area contributed by atoms with Crippen molar-refractivity contribution in [1.29, 1.82) is 0 Å². The summed E-state index contributed by atoms with van der Waals surface area (Å²) in [5.74, 6) is 0. The Kier molecular flexibility index (Phi) is 3.69. The van der Waals surface area contributed by atoms with Crippen LogP contribution in [0.2, 0.25) is 0 Å². The molecule has 0 atom stereocenters. The predicted molar refractivity (Wildman–Crippen MR) is 24.9 cm³/mol.